The first-order chi connectivity index (χ1) is 7.68. The summed E-state index contributed by atoms with van der Waals surface area (Å²) < 4.78 is 0. The molecule has 0 bridgehead atoms. The predicted octanol–water partition coefficient (Wildman–Crippen LogP) is 4.89. The van der Waals surface area contributed by atoms with Crippen LogP contribution in [0.4, 0.5) is 0 Å². The maximum absolute atomic E-state index is 6.69. The molecule has 0 spiro atoms. The number of hydrogen-bond donors (Lipinski definition) is 1. The van der Waals surface area contributed by atoms with Gasteiger partial charge in [-0.05, 0) is 36.5 Å². The molecule has 0 amide bonds. The summed E-state index contributed by atoms with van der Waals surface area (Å²) in [6.07, 6.45) is 10.3. The molecule has 1 saturated carbocycles. The van der Waals surface area contributed by atoms with E-state index >= 15 is 0 Å². The van der Waals surface area contributed by atoms with Crippen LogP contribution in [0.25, 0.3) is 0 Å². The molecule has 1 heteroatoms. The van der Waals surface area contributed by atoms with Gasteiger partial charge in [-0.25, -0.2) is 0 Å². The normalized spacial score (nSPS) is 25.8. The molecule has 0 aromatic heterocycles. The number of nitrogens with two attached hydrogens (primary N) is 1. The Morgan fingerprint density at radius 1 is 0.824 bits per heavy atom. The molecule has 1 aliphatic carbocycles. The molecular weight excluding hydrogens is 206 g/mol. The Bertz CT molecular complexity index is 224. The molecule has 0 radical (unpaired) electrons. The Morgan fingerprint density at radius 3 is 1.82 bits per heavy atom. The van der Waals surface area contributed by atoms with E-state index < -0.39 is 0 Å². The first-order valence-corrected chi connectivity index (χ1v) is 7.47. The van der Waals surface area contributed by atoms with E-state index in [4.69, 9.17) is 5.73 Å². The molecule has 1 fully saturated rings. The van der Waals surface area contributed by atoms with Gasteiger partial charge in [-0.2, -0.15) is 0 Å². The second kappa shape index (κ2) is 5.30. The first-order valence-electron chi connectivity index (χ1n) is 7.47. The highest BCUT2D eigenvalue weighted by Crippen LogP contribution is 2.50. The number of unbranched alkanes of at least 4 members (excludes halogenated alkanes) is 3. The van der Waals surface area contributed by atoms with E-state index in [9.17, 15) is 0 Å². The lowest BCUT2D eigenvalue weighted by molar-refractivity contribution is 0.0431. The summed E-state index contributed by atoms with van der Waals surface area (Å²) in [4.78, 5) is 0. The zero-order valence-electron chi connectivity index (χ0n) is 12.7. The fraction of sp³-hybridized carbons (Fsp3) is 1.00. The van der Waals surface area contributed by atoms with Gasteiger partial charge in [0, 0.05) is 5.54 Å². The van der Waals surface area contributed by atoms with Gasteiger partial charge in [-0.1, -0.05) is 60.3 Å². The summed E-state index contributed by atoms with van der Waals surface area (Å²) in [6.45, 7) is 11.8. The molecule has 0 aliphatic heterocycles. The van der Waals surface area contributed by atoms with Gasteiger partial charge in [0.25, 0.3) is 0 Å². The van der Waals surface area contributed by atoms with Gasteiger partial charge in [-0.3, -0.25) is 0 Å². The minimum atomic E-state index is 0.0962. The van der Waals surface area contributed by atoms with Gasteiger partial charge >= 0.3 is 0 Å². The van der Waals surface area contributed by atoms with Gasteiger partial charge in [-0.15, -0.1) is 0 Å². The summed E-state index contributed by atoms with van der Waals surface area (Å²) in [6, 6.07) is 0. The van der Waals surface area contributed by atoms with Crippen LogP contribution in [0.5, 0.6) is 0 Å². The summed E-state index contributed by atoms with van der Waals surface area (Å²) >= 11 is 0. The lowest BCUT2D eigenvalue weighted by atomic mass is 9.58. The van der Waals surface area contributed by atoms with Gasteiger partial charge in [0.15, 0.2) is 0 Å². The molecule has 0 aromatic carbocycles. The Morgan fingerprint density at radius 2 is 1.35 bits per heavy atom. The maximum atomic E-state index is 6.69. The Kier molecular flexibility index (Phi) is 4.68. The van der Waals surface area contributed by atoms with E-state index in [0.29, 0.717) is 10.8 Å². The van der Waals surface area contributed by atoms with E-state index in [2.05, 4.69) is 34.6 Å². The third-order valence-electron chi connectivity index (χ3n) is 4.15. The van der Waals surface area contributed by atoms with Crippen LogP contribution >= 0.6 is 0 Å². The minimum absolute atomic E-state index is 0.0962. The zero-order valence-corrected chi connectivity index (χ0v) is 12.7. The molecule has 1 aliphatic rings. The highest BCUT2D eigenvalue weighted by Gasteiger charge is 2.44. The van der Waals surface area contributed by atoms with Crippen LogP contribution in [0, 0.1) is 10.8 Å². The highest BCUT2D eigenvalue weighted by molar-refractivity contribution is 5.00. The molecule has 0 saturated heterocycles. The van der Waals surface area contributed by atoms with Crippen molar-refractivity contribution in [1.82, 2.24) is 0 Å². The topological polar surface area (TPSA) is 26.0 Å². The van der Waals surface area contributed by atoms with Crippen molar-refractivity contribution in [1.29, 1.82) is 0 Å². The molecular formula is C16H33N. The predicted molar refractivity (Wildman–Crippen MR) is 77.1 cm³/mol. The van der Waals surface area contributed by atoms with Crippen LogP contribution in [-0.4, -0.2) is 5.54 Å². The molecule has 0 aromatic rings. The largest absolute Gasteiger partial charge is 0.325 e. The van der Waals surface area contributed by atoms with Crippen molar-refractivity contribution in [3.05, 3.63) is 0 Å². The van der Waals surface area contributed by atoms with E-state index in [1.807, 2.05) is 0 Å². The van der Waals surface area contributed by atoms with Gasteiger partial charge in [0.05, 0.1) is 0 Å². The lowest BCUT2D eigenvalue weighted by Crippen LogP contribution is -2.52. The molecule has 2 N–H and O–H groups in total. The van der Waals surface area contributed by atoms with Crippen molar-refractivity contribution in [3.8, 4) is 0 Å². The summed E-state index contributed by atoms with van der Waals surface area (Å²) in [5, 5.41) is 0. The smallest absolute Gasteiger partial charge is 0.0164 e. The molecule has 1 nitrogen and oxygen atoms in total. The second-order valence-corrected chi connectivity index (χ2v) is 8.03. The summed E-state index contributed by atoms with van der Waals surface area (Å²) in [7, 11) is 0. The molecule has 0 atom stereocenters. The minimum Gasteiger partial charge on any atom is -0.325 e. The van der Waals surface area contributed by atoms with Crippen molar-refractivity contribution in [2.75, 3.05) is 0 Å². The van der Waals surface area contributed by atoms with Crippen molar-refractivity contribution < 1.29 is 0 Å². The number of hydrogen-bond acceptors (Lipinski definition) is 1. The molecule has 0 unspecified atom stereocenters. The van der Waals surface area contributed by atoms with Crippen LogP contribution in [0.3, 0.4) is 0 Å². The van der Waals surface area contributed by atoms with E-state index in [1.165, 1.54) is 51.4 Å². The van der Waals surface area contributed by atoms with Crippen molar-refractivity contribution in [3.63, 3.8) is 0 Å². The van der Waals surface area contributed by atoms with Crippen LogP contribution in [0.1, 0.15) is 86.0 Å². The molecule has 0 heterocycles. The summed E-state index contributed by atoms with van der Waals surface area (Å²) in [5.74, 6) is 0. The summed E-state index contributed by atoms with van der Waals surface area (Å²) in [5.41, 5.74) is 7.62. The quantitative estimate of drug-likeness (QED) is 0.679. The van der Waals surface area contributed by atoms with Crippen molar-refractivity contribution >= 4 is 0 Å². The van der Waals surface area contributed by atoms with Crippen LogP contribution in [0.2, 0.25) is 0 Å². The monoisotopic (exact) mass is 239 g/mol. The average Bonchev–Trinajstić information content (AvgIpc) is 2.06. The number of rotatable bonds is 5. The van der Waals surface area contributed by atoms with Gasteiger partial charge < -0.3 is 5.73 Å². The van der Waals surface area contributed by atoms with Crippen molar-refractivity contribution in [2.45, 2.75) is 91.5 Å². The average molecular weight is 239 g/mol. The fourth-order valence-electron chi connectivity index (χ4n) is 4.47. The van der Waals surface area contributed by atoms with Crippen LogP contribution in [0.15, 0.2) is 0 Å². The highest BCUT2D eigenvalue weighted by atomic mass is 14.8. The first kappa shape index (κ1) is 15.0. The zero-order chi connectivity index (χ0) is 13.2. The van der Waals surface area contributed by atoms with Crippen LogP contribution in [-0.2, 0) is 0 Å². The Labute approximate surface area is 109 Å². The van der Waals surface area contributed by atoms with Crippen LogP contribution < -0.4 is 5.73 Å². The molecule has 1 rings (SSSR count). The van der Waals surface area contributed by atoms with Crippen molar-refractivity contribution in [2.24, 2.45) is 16.6 Å². The molecule has 17 heavy (non-hydrogen) atoms. The second-order valence-electron chi connectivity index (χ2n) is 8.03. The molecule has 102 valence electrons. The van der Waals surface area contributed by atoms with E-state index in [1.54, 1.807) is 0 Å². The third kappa shape index (κ3) is 4.99. The van der Waals surface area contributed by atoms with Gasteiger partial charge in [0.2, 0.25) is 0 Å². The Balaban J connectivity index is 2.55. The Hall–Kier alpha value is -0.0400. The lowest BCUT2D eigenvalue weighted by Gasteiger charge is -2.50. The SMILES string of the molecule is CCCCCCC1(N)CC(C)(C)CC(C)(C)C1. The van der Waals surface area contributed by atoms with E-state index in [0.717, 1.165) is 0 Å². The fourth-order valence-corrected chi connectivity index (χ4v) is 4.47. The maximum Gasteiger partial charge on any atom is 0.0164 e. The standard InChI is InChI=1S/C16H33N/c1-6-7-8-9-10-16(17)12-14(2,3)11-15(4,5)13-16/h6-13,17H2,1-5H3. The third-order valence-corrected chi connectivity index (χ3v) is 4.15. The van der Waals surface area contributed by atoms with E-state index in [-0.39, 0.29) is 5.54 Å². The van der Waals surface area contributed by atoms with Gasteiger partial charge in [0.1, 0.15) is 0 Å².